The quantitative estimate of drug-likeness (QED) is 0.407. The van der Waals surface area contributed by atoms with Crippen LogP contribution >= 0.6 is 0 Å². The first-order chi connectivity index (χ1) is 16.8. The lowest BCUT2D eigenvalue weighted by Gasteiger charge is -2.28. The smallest absolute Gasteiger partial charge is 0.305 e. The summed E-state index contributed by atoms with van der Waals surface area (Å²) in [5.41, 5.74) is 2.56. The van der Waals surface area contributed by atoms with Crippen molar-refractivity contribution in [1.82, 2.24) is 4.90 Å². The number of rotatable bonds is 13. The van der Waals surface area contributed by atoms with Crippen LogP contribution in [0.4, 0.5) is 5.69 Å². The molecular formula is C27H36N2O6. The minimum absolute atomic E-state index is 0.0527. The Bertz CT molecular complexity index is 994. The summed E-state index contributed by atoms with van der Waals surface area (Å²) in [6.45, 7) is 3.06. The Kier molecular flexibility index (Phi) is 9.37. The number of fused-ring (bicyclic) bond motifs is 1. The largest absolute Gasteiger partial charge is 0.497 e. The summed E-state index contributed by atoms with van der Waals surface area (Å²) in [4.78, 5) is 24.8. The third-order valence-corrected chi connectivity index (χ3v) is 6.47. The number of unbranched alkanes of at least 4 members (excludes halogenated alkanes) is 1. The Labute approximate surface area is 207 Å². The van der Waals surface area contributed by atoms with Crippen molar-refractivity contribution in [3.63, 3.8) is 0 Å². The molecule has 8 heteroatoms. The molecule has 1 aliphatic heterocycles. The number of nitrogens with one attached hydrogen (secondary N) is 1. The highest BCUT2D eigenvalue weighted by Crippen LogP contribution is 2.42. The number of anilines is 1. The molecule has 2 aromatic carbocycles. The monoisotopic (exact) mass is 484 g/mol. The molecule has 190 valence electrons. The molecule has 0 aliphatic carbocycles. The molecule has 2 aromatic rings. The van der Waals surface area contributed by atoms with Gasteiger partial charge in [-0.2, -0.15) is 0 Å². The Morgan fingerprint density at radius 3 is 2.54 bits per heavy atom. The van der Waals surface area contributed by atoms with Gasteiger partial charge in [0.25, 0.3) is 5.91 Å². The van der Waals surface area contributed by atoms with Gasteiger partial charge in [-0.25, -0.2) is 0 Å². The van der Waals surface area contributed by atoms with Crippen molar-refractivity contribution in [2.24, 2.45) is 0 Å². The van der Waals surface area contributed by atoms with Gasteiger partial charge in [0.15, 0.2) is 0 Å². The summed E-state index contributed by atoms with van der Waals surface area (Å²) in [7, 11) is 4.99. The molecule has 0 radical (unpaired) electrons. The predicted molar refractivity (Wildman–Crippen MR) is 135 cm³/mol. The van der Waals surface area contributed by atoms with Crippen LogP contribution in [0, 0.1) is 0 Å². The minimum Gasteiger partial charge on any atom is -0.497 e. The highest BCUT2D eigenvalue weighted by atomic mass is 16.5. The summed E-state index contributed by atoms with van der Waals surface area (Å²) in [6, 6.07) is 13.3. The summed E-state index contributed by atoms with van der Waals surface area (Å²) < 4.78 is 17.0. The third-order valence-electron chi connectivity index (χ3n) is 6.47. The second kappa shape index (κ2) is 12.4. The first-order valence-corrected chi connectivity index (χ1v) is 12.0. The van der Waals surface area contributed by atoms with Crippen molar-refractivity contribution in [3.8, 4) is 11.5 Å². The van der Waals surface area contributed by atoms with Gasteiger partial charge >= 0.3 is 5.97 Å². The zero-order chi connectivity index (χ0) is 25.4. The number of amides is 1. The number of carbonyl (C=O) groups excluding carboxylic acids is 1. The standard InChI is InChI=1S/C27H36N2O6/c1-18-22-17-21(34-4)12-13-24(22)35-26(18)23(7-5-6-16-33-3)28-20-10-8-19(9-11-20)27(32)29(2)15-14-25(30)31/h8-13,17-18,23,26,28H,5-7,14-16H2,1-4H3,(H,30,31). The lowest BCUT2D eigenvalue weighted by atomic mass is 9.90. The average Bonchev–Trinajstić information content (AvgIpc) is 3.19. The number of benzene rings is 2. The van der Waals surface area contributed by atoms with Crippen LogP contribution < -0.4 is 14.8 Å². The van der Waals surface area contributed by atoms with Gasteiger partial charge < -0.3 is 29.5 Å². The third kappa shape index (κ3) is 6.88. The molecule has 3 unspecified atom stereocenters. The number of carbonyl (C=O) groups is 2. The molecule has 0 bridgehead atoms. The number of hydrogen-bond donors (Lipinski definition) is 2. The molecule has 0 saturated heterocycles. The Morgan fingerprint density at radius 2 is 1.89 bits per heavy atom. The molecule has 0 fully saturated rings. The van der Waals surface area contributed by atoms with Gasteiger partial charge in [0.1, 0.15) is 17.6 Å². The van der Waals surface area contributed by atoms with E-state index in [0.717, 1.165) is 48.6 Å². The normalized spacial score (nSPS) is 17.3. The lowest BCUT2D eigenvalue weighted by molar-refractivity contribution is -0.137. The van der Waals surface area contributed by atoms with Gasteiger partial charge in [-0.15, -0.1) is 0 Å². The number of methoxy groups -OCH3 is 2. The van der Waals surface area contributed by atoms with Gasteiger partial charge in [-0.05, 0) is 61.7 Å². The molecule has 1 heterocycles. The van der Waals surface area contributed by atoms with Crippen molar-refractivity contribution >= 4 is 17.6 Å². The van der Waals surface area contributed by atoms with Gasteiger partial charge in [-0.3, -0.25) is 9.59 Å². The maximum absolute atomic E-state index is 12.6. The van der Waals surface area contributed by atoms with Crippen LogP contribution in [0.15, 0.2) is 42.5 Å². The first-order valence-electron chi connectivity index (χ1n) is 12.0. The number of hydrogen-bond acceptors (Lipinski definition) is 6. The summed E-state index contributed by atoms with van der Waals surface area (Å²) in [5.74, 6) is 0.759. The molecule has 0 spiro atoms. The Balaban J connectivity index is 1.71. The maximum atomic E-state index is 12.6. The second-order valence-corrected chi connectivity index (χ2v) is 8.96. The fourth-order valence-corrected chi connectivity index (χ4v) is 4.41. The molecule has 0 aromatic heterocycles. The average molecular weight is 485 g/mol. The van der Waals surface area contributed by atoms with E-state index in [0.29, 0.717) is 5.56 Å². The lowest BCUT2D eigenvalue weighted by Crippen LogP contribution is -2.38. The summed E-state index contributed by atoms with van der Waals surface area (Å²) in [5, 5.41) is 12.5. The molecule has 35 heavy (non-hydrogen) atoms. The number of aliphatic carboxylic acids is 1. The van der Waals surface area contributed by atoms with Gasteiger partial charge in [0.05, 0.1) is 19.6 Å². The highest BCUT2D eigenvalue weighted by molar-refractivity contribution is 5.94. The molecule has 2 N–H and O–H groups in total. The number of carboxylic acids is 1. The van der Waals surface area contributed by atoms with Crippen LogP contribution in [0.5, 0.6) is 11.5 Å². The van der Waals surface area contributed by atoms with E-state index < -0.39 is 5.97 Å². The maximum Gasteiger partial charge on any atom is 0.305 e. The van der Waals surface area contributed by atoms with Gasteiger partial charge in [0.2, 0.25) is 0 Å². The molecular weight excluding hydrogens is 448 g/mol. The van der Waals surface area contributed by atoms with E-state index in [1.165, 1.54) is 4.90 Å². The van der Waals surface area contributed by atoms with Gasteiger partial charge in [0, 0.05) is 50.0 Å². The number of carboxylic acid groups (broad SMARTS) is 1. The zero-order valence-electron chi connectivity index (χ0n) is 21.0. The van der Waals surface area contributed by atoms with Crippen molar-refractivity contribution in [1.29, 1.82) is 0 Å². The summed E-state index contributed by atoms with van der Waals surface area (Å²) in [6.07, 6.45) is 2.72. The minimum atomic E-state index is -0.926. The second-order valence-electron chi connectivity index (χ2n) is 8.96. The SMILES string of the molecule is COCCCCC(Nc1ccc(C(=O)N(C)CCC(=O)O)cc1)C1Oc2ccc(OC)cc2C1C. The zero-order valence-corrected chi connectivity index (χ0v) is 21.0. The fraction of sp³-hybridized carbons (Fsp3) is 0.481. The van der Waals surface area contributed by atoms with Crippen LogP contribution in [-0.4, -0.2) is 68.4 Å². The van der Waals surface area contributed by atoms with Crippen molar-refractivity contribution in [2.45, 2.75) is 50.7 Å². The van der Waals surface area contributed by atoms with E-state index in [2.05, 4.69) is 12.2 Å². The van der Waals surface area contributed by atoms with Crippen LogP contribution in [0.3, 0.4) is 0 Å². The van der Waals surface area contributed by atoms with E-state index in [-0.39, 0.29) is 36.9 Å². The molecule has 0 saturated carbocycles. The van der Waals surface area contributed by atoms with E-state index in [4.69, 9.17) is 19.3 Å². The number of nitrogens with zero attached hydrogens (tertiary/aromatic N) is 1. The molecule has 1 amide bonds. The fourth-order valence-electron chi connectivity index (χ4n) is 4.41. The van der Waals surface area contributed by atoms with Crippen molar-refractivity contribution in [3.05, 3.63) is 53.6 Å². The van der Waals surface area contributed by atoms with Crippen LogP contribution in [0.25, 0.3) is 0 Å². The highest BCUT2D eigenvalue weighted by Gasteiger charge is 2.37. The van der Waals surface area contributed by atoms with E-state index in [1.54, 1.807) is 33.4 Å². The molecule has 1 aliphatic rings. The van der Waals surface area contributed by atoms with Crippen LogP contribution in [0.2, 0.25) is 0 Å². The number of ether oxygens (including phenoxy) is 3. The first kappa shape index (κ1) is 26.3. The molecule has 3 rings (SSSR count). The van der Waals surface area contributed by atoms with Crippen molar-refractivity contribution in [2.75, 3.05) is 39.7 Å². The molecule has 3 atom stereocenters. The predicted octanol–water partition coefficient (Wildman–Crippen LogP) is 4.40. The topological polar surface area (TPSA) is 97.3 Å². The van der Waals surface area contributed by atoms with Crippen LogP contribution in [0.1, 0.15) is 54.4 Å². The Hall–Kier alpha value is -3.26. The Morgan fingerprint density at radius 1 is 1.14 bits per heavy atom. The van der Waals surface area contributed by atoms with Gasteiger partial charge in [-0.1, -0.05) is 6.92 Å². The van der Waals surface area contributed by atoms with E-state index >= 15 is 0 Å². The van der Waals surface area contributed by atoms with Crippen LogP contribution in [-0.2, 0) is 9.53 Å². The van der Waals surface area contributed by atoms with E-state index in [9.17, 15) is 9.59 Å². The van der Waals surface area contributed by atoms with Crippen molar-refractivity contribution < 1.29 is 28.9 Å². The summed E-state index contributed by atoms with van der Waals surface area (Å²) >= 11 is 0. The van der Waals surface area contributed by atoms with E-state index in [1.807, 2.05) is 30.3 Å². The molecule has 8 nitrogen and oxygen atoms in total.